The lowest BCUT2D eigenvalue weighted by Crippen LogP contribution is -2.10. The van der Waals surface area contributed by atoms with Crippen LogP contribution < -0.4 is 4.90 Å². The lowest BCUT2D eigenvalue weighted by molar-refractivity contribution is 0.865. The van der Waals surface area contributed by atoms with Crippen molar-refractivity contribution in [2.45, 2.75) is 142 Å². The van der Waals surface area contributed by atoms with Gasteiger partial charge in [0.1, 0.15) is 0 Å². The number of aromatic nitrogens is 2. The van der Waals surface area contributed by atoms with Crippen molar-refractivity contribution in [2.75, 3.05) is 4.90 Å². The average molecular weight is 1480 g/mol. The van der Waals surface area contributed by atoms with E-state index in [0.29, 0.717) is 17.8 Å². The Kier molecular flexibility index (Phi) is 21.9. The number of anilines is 3. The Morgan fingerprint density at radius 3 is 0.702 bits per heavy atom. The van der Waals surface area contributed by atoms with Crippen LogP contribution in [0, 0.1) is 83.1 Å². The van der Waals surface area contributed by atoms with Gasteiger partial charge >= 0.3 is 0 Å². The summed E-state index contributed by atoms with van der Waals surface area (Å²) in [6.45, 7) is 39.6. The summed E-state index contributed by atoms with van der Waals surface area (Å²) >= 11 is 0. The molecule has 0 spiro atoms. The topological polar surface area (TPSA) is 13.1 Å². The molecule has 2 heterocycles. The van der Waals surface area contributed by atoms with E-state index in [1.165, 1.54) is 205 Å². The Hall–Kier alpha value is -12.3. The van der Waals surface area contributed by atoms with Crippen LogP contribution in [0.15, 0.2) is 303 Å². The van der Waals surface area contributed by atoms with Crippen LogP contribution >= 0.6 is 0 Å². The molecule has 0 saturated heterocycles. The van der Waals surface area contributed by atoms with E-state index in [2.05, 4.69) is 442 Å². The number of hydrogen-bond acceptors (Lipinski definition) is 1. The van der Waals surface area contributed by atoms with E-state index in [1.807, 2.05) is 0 Å². The summed E-state index contributed by atoms with van der Waals surface area (Å²) in [4.78, 5) is 2.35. The molecule has 0 bridgehead atoms. The van der Waals surface area contributed by atoms with Crippen LogP contribution in [0.3, 0.4) is 0 Å². The van der Waals surface area contributed by atoms with Crippen LogP contribution in [-0.4, -0.2) is 9.13 Å². The average Bonchev–Trinajstić information content (AvgIpc) is 1.59. The van der Waals surface area contributed by atoms with Gasteiger partial charge in [0.25, 0.3) is 0 Å². The van der Waals surface area contributed by atoms with Crippen molar-refractivity contribution in [2.24, 2.45) is 0 Å². The van der Waals surface area contributed by atoms with E-state index < -0.39 is 0 Å². The Morgan fingerprint density at radius 2 is 0.430 bits per heavy atom. The lowest BCUT2D eigenvalue weighted by atomic mass is 9.95. The Balaban J connectivity index is 0.000000135. The van der Waals surface area contributed by atoms with Gasteiger partial charge in [0, 0.05) is 50.0 Å². The molecule has 17 rings (SSSR count). The summed E-state index contributed by atoms with van der Waals surface area (Å²) in [5.74, 6) is 1.54. The fourth-order valence-corrected chi connectivity index (χ4v) is 17.2. The molecule has 566 valence electrons. The van der Waals surface area contributed by atoms with Gasteiger partial charge in [-0.1, -0.05) is 280 Å². The van der Waals surface area contributed by atoms with E-state index in [1.54, 1.807) is 0 Å². The van der Waals surface area contributed by atoms with Gasteiger partial charge in [-0.25, -0.2) is 0 Å². The maximum atomic E-state index is 2.42. The van der Waals surface area contributed by atoms with E-state index in [9.17, 15) is 0 Å². The number of fused-ring (bicyclic) bond motifs is 6. The maximum absolute atomic E-state index is 2.42. The summed E-state index contributed by atoms with van der Waals surface area (Å²) < 4.78 is 4.84. The molecule has 3 nitrogen and oxygen atoms in total. The molecule has 0 aliphatic heterocycles. The molecule has 0 aliphatic carbocycles. The fourth-order valence-electron chi connectivity index (χ4n) is 17.2. The minimum atomic E-state index is 0.506. The Morgan fingerprint density at radius 1 is 0.193 bits per heavy atom. The molecule has 0 aliphatic rings. The molecule has 0 saturated carbocycles. The van der Waals surface area contributed by atoms with Gasteiger partial charge in [0.15, 0.2) is 0 Å². The van der Waals surface area contributed by atoms with Crippen molar-refractivity contribution in [3.8, 4) is 78.1 Å². The number of hydrogen-bond donors (Lipinski definition) is 0. The van der Waals surface area contributed by atoms with Gasteiger partial charge in [-0.2, -0.15) is 0 Å². The van der Waals surface area contributed by atoms with Crippen molar-refractivity contribution in [3.63, 3.8) is 0 Å². The maximum Gasteiger partial charge on any atom is 0.0541 e. The van der Waals surface area contributed by atoms with Gasteiger partial charge in [-0.05, 0) is 316 Å². The predicted octanol–water partition coefficient (Wildman–Crippen LogP) is 31.8. The highest BCUT2D eigenvalue weighted by atomic mass is 15.1. The molecule has 0 atom stereocenters. The molecular formula is C111H107N3. The van der Waals surface area contributed by atoms with Crippen LogP contribution in [0.1, 0.15) is 143 Å². The molecule has 0 unspecified atom stereocenters. The molecule has 3 heteroatoms. The first-order valence-corrected chi connectivity index (χ1v) is 40.8. The second-order valence-electron chi connectivity index (χ2n) is 33.3. The fraction of sp³-hybridized carbons (Fsp3) is 0.189. The quantitative estimate of drug-likeness (QED) is 0.106. The third kappa shape index (κ3) is 16.1. The molecule has 0 radical (unpaired) electrons. The van der Waals surface area contributed by atoms with E-state index in [0.717, 1.165) is 17.1 Å². The minimum absolute atomic E-state index is 0.506. The number of rotatable bonds is 14. The SMILES string of the molecule is Cc1cc(C)cc(-c2ccc3c(c2)c2cc(-c4cc(C)cc(C)c4)ccc2n3-c2ccc(C(C)C)cc2)c1.Cc1ccc(-c2ccc(N(c3ccc(-c4ccc(C)cc4C)cc3)c3ccc(C(C)C)cc3)cc2)c(C)c1.Cc1ccc(-c2ccc3c(c2)c2cc(-c4ccc(C)cc4C)ccc2n3-c2ccc(C(C)C)cc2)c(C)c1. The largest absolute Gasteiger partial charge is 0.311 e. The normalized spacial score (nSPS) is 11.5. The van der Waals surface area contributed by atoms with Gasteiger partial charge in [0.2, 0.25) is 0 Å². The molecule has 17 aromatic rings. The van der Waals surface area contributed by atoms with E-state index >= 15 is 0 Å². The number of aryl methyl sites for hydroxylation is 12. The zero-order valence-corrected chi connectivity index (χ0v) is 69.9. The summed E-state index contributed by atoms with van der Waals surface area (Å²) in [6.07, 6.45) is 0. The highest BCUT2D eigenvalue weighted by Crippen LogP contribution is 2.43. The first-order chi connectivity index (χ1) is 54.9. The van der Waals surface area contributed by atoms with Crippen molar-refractivity contribution >= 4 is 60.7 Å². The van der Waals surface area contributed by atoms with Gasteiger partial charge < -0.3 is 14.0 Å². The van der Waals surface area contributed by atoms with Gasteiger partial charge in [0.05, 0.1) is 22.1 Å². The van der Waals surface area contributed by atoms with E-state index in [-0.39, 0.29) is 0 Å². The zero-order chi connectivity index (χ0) is 79.9. The first kappa shape index (κ1) is 77.0. The van der Waals surface area contributed by atoms with Crippen molar-refractivity contribution in [3.05, 3.63) is 387 Å². The van der Waals surface area contributed by atoms with Crippen LogP contribution in [0.4, 0.5) is 17.1 Å². The van der Waals surface area contributed by atoms with Crippen LogP contribution in [0.2, 0.25) is 0 Å². The molecule has 0 N–H and O–H groups in total. The van der Waals surface area contributed by atoms with Crippen LogP contribution in [0.25, 0.3) is 122 Å². The highest BCUT2D eigenvalue weighted by molar-refractivity contribution is 6.13. The molecule has 114 heavy (non-hydrogen) atoms. The van der Waals surface area contributed by atoms with Gasteiger partial charge in [-0.15, -0.1) is 0 Å². The smallest absolute Gasteiger partial charge is 0.0541 e. The lowest BCUT2D eigenvalue weighted by Gasteiger charge is -2.26. The molecule has 15 aromatic carbocycles. The zero-order valence-electron chi connectivity index (χ0n) is 69.9. The number of benzene rings is 15. The summed E-state index contributed by atoms with van der Waals surface area (Å²) in [7, 11) is 0. The monoisotopic (exact) mass is 1480 g/mol. The third-order valence-corrected chi connectivity index (χ3v) is 23.1. The van der Waals surface area contributed by atoms with Crippen molar-refractivity contribution in [1.82, 2.24) is 9.13 Å². The van der Waals surface area contributed by atoms with Crippen LogP contribution in [0.5, 0.6) is 0 Å². The van der Waals surface area contributed by atoms with Gasteiger partial charge in [-0.3, -0.25) is 0 Å². The Bertz CT molecular complexity index is 6060. The molecule has 0 fully saturated rings. The first-order valence-electron chi connectivity index (χ1n) is 40.8. The summed E-state index contributed by atoms with van der Waals surface area (Å²) in [5.41, 5.74) is 45.8. The van der Waals surface area contributed by atoms with Crippen molar-refractivity contribution in [1.29, 1.82) is 0 Å². The van der Waals surface area contributed by atoms with Crippen LogP contribution in [-0.2, 0) is 0 Å². The number of nitrogens with zero attached hydrogens (tertiary/aromatic N) is 3. The second kappa shape index (κ2) is 32.4. The molecule has 2 aromatic heterocycles. The summed E-state index contributed by atoms with van der Waals surface area (Å²) in [5, 5.41) is 5.15. The highest BCUT2D eigenvalue weighted by Gasteiger charge is 2.21. The predicted molar refractivity (Wildman–Crippen MR) is 494 cm³/mol. The Labute approximate surface area is 677 Å². The standard InChI is InChI=1S/2C37H35N.C37H37N/c1-23(2)28-9-13-31(14-10-28)38-36-17-11-29(32-15-7-24(3)19-26(32)5)21-34(36)35-22-30(12-18-37(35)38)33-16-8-25(4)20-27(33)6;1-23(2)28-7-11-33(12-8-28)38-36-13-9-29(31-17-24(3)15-25(4)18-31)21-34(36)35-22-30(10-14-37(35)38)32-19-26(5)16-27(6)20-32;1-25(2)30-9-15-33(16-10-30)38(34-17-11-31(12-18-34)36-21-7-26(3)23-28(36)5)35-19-13-32(14-20-35)37-22-8-27(4)24-29(37)6/h2*7-23H,1-6H3;7-25H,1-6H3. The van der Waals surface area contributed by atoms with E-state index in [4.69, 9.17) is 0 Å². The summed E-state index contributed by atoms with van der Waals surface area (Å²) in [6, 6.07) is 113. The minimum Gasteiger partial charge on any atom is -0.311 e. The molecule has 0 amide bonds. The molecular weight excluding hydrogens is 1380 g/mol. The second-order valence-corrected chi connectivity index (χ2v) is 33.3. The van der Waals surface area contributed by atoms with Crippen molar-refractivity contribution < 1.29 is 0 Å². The third-order valence-electron chi connectivity index (χ3n) is 23.1.